The number of halogens is 1. The lowest BCUT2D eigenvalue weighted by Crippen LogP contribution is -2.14. The van der Waals surface area contributed by atoms with Crippen LogP contribution in [0.15, 0.2) is 36.4 Å². The van der Waals surface area contributed by atoms with Crippen molar-refractivity contribution in [3.05, 3.63) is 53.3 Å². The van der Waals surface area contributed by atoms with Crippen molar-refractivity contribution in [1.29, 1.82) is 0 Å². The number of ether oxygens (including phenoxy) is 2. The Kier molecular flexibility index (Phi) is 5.21. The van der Waals surface area contributed by atoms with E-state index in [0.29, 0.717) is 17.4 Å². The van der Waals surface area contributed by atoms with E-state index in [1.54, 1.807) is 12.1 Å². The lowest BCUT2D eigenvalue weighted by molar-refractivity contribution is 0.102. The fraction of sp³-hybridized carbons (Fsp3) is 0.278. The lowest BCUT2D eigenvalue weighted by atomic mass is 10.0. The van der Waals surface area contributed by atoms with E-state index in [1.807, 2.05) is 12.1 Å². The van der Waals surface area contributed by atoms with Crippen LogP contribution in [0.5, 0.6) is 11.5 Å². The van der Waals surface area contributed by atoms with Gasteiger partial charge in [0.1, 0.15) is 5.82 Å². The zero-order chi connectivity index (χ0) is 17.0. The molecule has 0 heterocycles. The molecule has 2 aromatic carbocycles. The SMILES string of the molecule is COc1cc(F)c(C(=O)Nc2ccc(C(C)C)cc2)cc1OC. The second-order valence-corrected chi connectivity index (χ2v) is 5.42. The molecule has 122 valence electrons. The van der Waals surface area contributed by atoms with E-state index < -0.39 is 11.7 Å². The van der Waals surface area contributed by atoms with Gasteiger partial charge in [-0.1, -0.05) is 26.0 Å². The molecule has 5 heteroatoms. The minimum atomic E-state index is -0.668. The second kappa shape index (κ2) is 7.13. The van der Waals surface area contributed by atoms with Crippen LogP contribution in [0.2, 0.25) is 0 Å². The summed E-state index contributed by atoms with van der Waals surface area (Å²) in [6, 6.07) is 9.93. The molecule has 4 nitrogen and oxygen atoms in total. The molecule has 1 amide bonds. The fourth-order valence-corrected chi connectivity index (χ4v) is 2.18. The van der Waals surface area contributed by atoms with E-state index in [4.69, 9.17) is 9.47 Å². The smallest absolute Gasteiger partial charge is 0.258 e. The van der Waals surface area contributed by atoms with E-state index in [0.717, 1.165) is 6.07 Å². The molecule has 0 aromatic heterocycles. The lowest BCUT2D eigenvalue weighted by Gasteiger charge is -2.12. The monoisotopic (exact) mass is 317 g/mol. The maximum Gasteiger partial charge on any atom is 0.258 e. The number of methoxy groups -OCH3 is 2. The van der Waals surface area contributed by atoms with Crippen molar-refractivity contribution in [3.8, 4) is 11.5 Å². The van der Waals surface area contributed by atoms with Crippen molar-refractivity contribution in [2.45, 2.75) is 19.8 Å². The molecule has 0 saturated heterocycles. The van der Waals surface area contributed by atoms with Gasteiger partial charge in [0.05, 0.1) is 19.8 Å². The predicted octanol–water partition coefficient (Wildman–Crippen LogP) is 4.22. The highest BCUT2D eigenvalue weighted by Crippen LogP contribution is 2.30. The predicted molar refractivity (Wildman–Crippen MR) is 88.0 cm³/mol. The van der Waals surface area contributed by atoms with Crippen LogP contribution >= 0.6 is 0 Å². The van der Waals surface area contributed by atoms with Crippen molar-refractivity contribution in [3.63, 3.8) is 0 Å². The molecule has 1 N–H and O–H groups in total. The molecule has 0 aliphatic heterocycles. The van der Waals surface area contributed by atoms with Gasteiger partial charge >= 0.3 is 0 Å². The van der Waals surface area contributed by atoms with Crippen LogP contribution in [0.3, 0.4) is 0 Å². The quantitative estimate of drug-likeness (QED) is 0.898. The molecule has 0 atom stereocenters. The largest absolute Gasteiger partial charge is 0.493 e. The molecule has 0 aliphatic carbocycles. The Bertz CT molecular complexity index is 696. The summed E-state index contributed by atoms with van der Waals surface area (Å²) in [6.45, 7) is 4.18. The summed E-state index contributed by atoms with van der Waals surface area (Å²) in [6.07, 6.45) is 0. The third-order valence-electron chi connectivity index (χ3n) is 3.55. The maximum absolute atomic E-state index is 14.1. The van der Waals surface area contributed by atoms with Gasteiger partial charge in [-0.25, -0.2) is 4.39 Å². The number of amides is 1. The number of carbonyl (C=O) groups excluding carboxylic acids is 1. The molecule has 0 bridgehead atoms. The second-order valence-electron chi connectivity index (χ2n) is 5.42. The van der Waals surface area contributed by atoms with E-state index in [1.165, 1.54) is 25.8 Å². The van der Waals surface area contributed by atoms with Crippen molar-refractivity contribution in [2.75, 3.05) is 19.5 Å². The van der Waals surface area contributed by atoms with Crippen molar-refractivity contribution < 1.29 is 18.7 Å². The number of hydrogen-bond acceptors (Lipinski definition) is 3. The zero-order valence-corrected chi connectivity index (χ0v) is 13.6. The molecule has 0 saturated carbocycles. The van der Waals surface area contributed by atoms with E-state index in [9.17, 15) is 9.18 Å². The van der Waals surface area contributed by atoms with E-state index >= 15 is 0 Å². The van der Waals surface area contributed by atoms with Crippen LogP contribution in [-0.4, -0.2) is 20.1 Å². The van der Waals surface area contributed by atoms with Gasteiger partial charge < -0.3 is 14.8 Å². The molecule has 0 spiro atoms. The highest BCUT2D eigenvalue weighted by molar-refractivity contribution is 6.04. The Morgan fingerprint density at radius 1 is 1.04 bits per heavy atom. The summed E-state index contributed by atoms with van der Waals surface area (Å²) in [4.78, 5) is 12.3. The highest BCUT2D eigenvalue weighted by atomic mass is 19.1. The minimum Gasteiger partial charge on any atom is -0.493 e. The average molecular weight is 317 g/mol. The summed E-state index contributed by atoms with van der Waals surface area (Å²) in [7, 11) is 2.84. The first-order chi connectivity index (χ1) is 11.0. The molecular weight excluding hydrogens is 297 g/mol. The van der Waals surface area contributed by atoms with Crippen LogP contribution in [0, 0.1) is 5.82 Å². The highest BCUT2D eigenvalue weighted by Gasteiger charge is 2.17. The molecule has 0 radical (unpaired) electrons. The number of anilines is 1. The first-order valence-electron chi connectivity index (χ1n) is 7.29. The first kappa shape index (κ1) is 16.8. The fourth-order valence-electron chi connectivity index (χ4n) is 2.18. The van der Waals surface area contributed by atoms with Gasteiger partial charge in [0.15, 0.2) is 11.5 Å². The Labute approximate surface area is 135 Å². The molecule has 0 unspecified atom stereocenters. The van der Waals surface area contributed by atoms with E-state index in [2.05, 4.69) is 19.2 Å². The van der Waals surface area contributed by atoms with Crippen molar-refractivity contribution in [1.82, 2.24) is 0 Å². The van der Waals surface area contributed by atoms with Gasteiger partial charge in [0, 0.05) is 11.8 Å². The number of carbonyl (C=O) groups is 1. The number of benzene rings is 2. The first-order valence-corrected chi connectivity index (χ1v) is 7.29. The van der Waals surface area contributed by atoms with Gasteiger partial charge in [0.2, 0.25) is 0 Å². The van der Waals surface area contributed by atoms with Crippen molar-refractivity contribution in [2.24, 2.45) is 0 Å². The Hall–Kier alpha value is -2.56. The summed E-state index contributed by atoms with van der Waals surface area (Å²) in [5.74, 6) is -0.264. The van der Waals surface area contributed by atoms with Gasteiger partial charge in [-0.2, -0.15) is 0 Å². The third kappa shape index (κ3) is 3.80. The third-order valence-corrected chi connectivity index (χ3v) is 3.55. The molecular formula is C18H20FNO3. The van der Waals surface area contributed by atoms with Crippen molar-refractivity contribution >= 4 is 11.6 Å². The molecule has 2 aromatic rings. The number of hydrogen-bond donors (Lipinski definition) is 1. The zero-order valence-electron chi connectivity index (χ0n) is 13.6. The van der Waals surface area contributed by atoms with Gasteiger partial charge in [-0.15, -0.1) is 0 Å². The summed E-state index contributed by atoms with van der Waals surface area (Å²) < 4.78 is 24.2. The number of rotatable bonds is 5. The Morgan fingerprint density at radius 2 is 1.61 bits per heavy atom. The maximum atomic E-state index is 14.1. The normalized spacial score (nSPS) is 10.5. The van der Waals surface area contributed by atoms with E-state index in [-0.39, 0.29) is 11.3 Å². The van der Waals surface area contributed by atoms with Crippen LogP contribution in [0.25, 0.3) is 0 Å². The standard InChI is InChI=1S/C18H20FNO3/c1-11(2)12-5-7-13(8-6-12)20-18(21)14-9-16(22-3)17(23-4)10-15(14)19/h5-11H,1-4H3,(H,20,21). The average Bonchev–Trinajstić information content (AvgIpc) is 2.54. The number of nitrogens with one attached hydrogen (secondary N) is 1. The van der Waals surface area contributed by atoms with Crippen LogP contribution in [0.4, 0.5) is 10.1 Å². The Balaban J connectivity index is 2.23. The Morgan fingerprint density at radius 3 is 2.13 bits per heavy atom. The minimum absolute atomic E-state index is 0.101. The van der Waals surface area contributed by atoms with Gasteiger partial charge in [-0.05, 0) is 29.7 Å². The van der Waals surface area contributed by atoms with Crippen LogP contribution < -0.4 is 14.8 Å². The van der Waals surface area contributed by atoms with Gasteiger partial charge in [-0.3, -0.25) is 4.79 Å². The van der Waals surface area contributed by atoms with Gasteiger partial charge in [0.25, 0.3) is 5.91 Å². The molecule has 2 rings (SSSR count). The van der Waals surface area contributed by atoms with Crippen LogP contribution in [0.1, 0.15) is 35.7 Å². The summed E-state index contributed by atoms with van der Waals surface area (Å²) >= 11 is 0. The topological polar surface area (TPSA) is 47.6 Å². The molecule has 23 heavy (non-hydrogen) atoms. The molecule has 0 fully saturated rings. The summed E-state index contributed by atoms with van der Waals surface area (Å²) in [5, 5.41) is 2.68. The summed E-state index contributed by atoms with van der Waals surface area (Å²) in [5.41, 5.74) is 1.67. The van der Waals surface area contributed by atoms with Crippen LogP contribution in [-0.2, 0) is 0 Å². The molecule has 0 aliphatic rings.